The van der Waals surface area contributed by atoms with E-state index in [9.17, 15) is 4.79 Å². The van der Waals surface area contributed by atoms with Crippen molar-refractivity contribution in [1.82, 2.24) is 14.6 Å². The molecule has 3 rings (SSSR count). The number of benzene rings is 1. The van der Waals surface area contributed by atoms with Gasteiger partial charge in [-0.05, 0) is 31.4 Å². The third-order valence-corrected chi connectivity index (χ3v) is 4.40. The van der Waals surface area contributed by atoms with Crippen molar-refractivity contribution >= 4 is 17.4 Å². The van der Waals surface area contributed by atoms with Crippen LogP contribution < -0.4 is 10.3 Å². The van der Waals surface area contributed by atoms with Crippen LogP contribution in [0.1, 0.15) is 11.4 Å². The predicted octanol–water partition coefficient (Wildman–Crippen LogP) is 2.91. The predicted molar refractivity (Wildman–Crippen MR) is 94.6 cm³/mol. The molecule has 23 heavy (non-hydrogen) atoms. The molecule has 0 saturated heterocycles. The summed E-state index contributed by atoms with van der Waals surface area (Å²) in [5.74, 6) is 1.71. The van der Waals surface area contributed by atoms with E-state index in [1.807, 2.05) is 37.4 Å². The maximum atomic E-state index is 12.4. The Hall–Kier alpha value is -2.21. The van der Waals surface area contributed by atoms with E-state index < -0.39 is 0 Å². The number of fused-ring (bicyclic) bond motifs is 1. The summed E-state index contributed by atoms with van der Waals surface area (Å²) in [5, 5.41) is 3.11. The summed E-state index contributed by atoms with van der Waals surface area (Å²) in [6.45, 7) is 1.94. The number of aromatic nitrogens is 3. The molecule has 0 spiro atoms. The molecule has 1 N–H and O–H groups in total. The van der Waals surface area contributed by atoms with E-state index in [1.54, 1.807) is 24.9 Å². The highest BCUT2D eigenvalue weighted by atomic mass is 32.2. The normalized spacial score (nSPS) is 11.1. The molecule has 0 unspecified atom stereocenters. The Morgan fingerprint density at radius 3 is 2.87 bits per heavy atom. The van der Waals surface area contributed by atoms with E-state index >= 15 is 0 Å². The monoisotopic (exact) mass is 329 g/mol. The minimum absolute atomic E-state index is 0.0876. The number of hydrogen-bond acceptors (Lipinski definition) is 4. The third kappa shape index (κ3) is 2.86. The molecule has 0 aliphatic heterocycles. The molecule has 0 fully saturated rings. The number of para-hydroxylation sites is 1. The number of ether oxygens (including phenoxy) is 1. The van der Waals surface area contributed by atoms with Gasteiger partial charge in [0.1, 0.15) is 5.75 Å². The summed E-state index contributed by atoms with van der Waals surface area (Å²) < 4.78 is 6.97. The molecule has 0 aliphatic carbocycles. The lowest BCUT2D eigenvalue weighted by Gasteiger charge is -2.08. The standard InChI is InChI=1S/C17H19N3O2S/c1-11-16(13-6-4-5-7-14(13)22-2)17-18-12(8-9-23-3)10-15(21)20(17)19-11/h4-7,10,19H,8-9H2,1-3H3. The molecule has 0 saturated carbocycles. The Morgan fingerprint density at radius 1 is 1.35 bits per heavy atom. The van der Waals surface area contributed by atoms with Crippen molar-refractivity contribution in [3.63, 3.8) is 0 Å². The second-order valence-electron chi connectivity index (χ2n) is 5.30. The molecule has 0 aliphatic rings. The van der Waals surface area contributed by atoms with Gasteiger partial charge in [0.15, 0.2) is 5.65 Å². The van der Waals surface area contributed by atoms with Crippen LogP contribution in [0.3, 0.4) is 0 Å². The van der Waals surface area contributed by atoms with E-state index in [0.717, 1.165) is 40.4 Å². The van der Waals surface area contributed by atoms with Crippen LogP contribution >= 0.6 is 11.8 Å². The van der Waals surface area contributed by atoms with Gasteiger partial charge in [0.2, 0.25) is 0 Å². The lowest BCUT2D eigenvalue weighted by atomic mass is 10.1. The van der Waals surface area contributed by atoms with E-state index in [-0.39, 0.29) is 5.56 Å². The molecule has 5 nitrogen and oxygen atoms in total. The van der Waals surface area contributed by atoms with Gasteiger partial charge >= 0.3 is 0 Å². The largest absolute Gasteiger partial charge is 0.496 e. The average molecular weight is 329 g/mol. The fourth-order valence-corrected chi connectivity index (χ4v) is 3.12. The number of nitrogens with one attached hydrogen (secondary N) is 1. The molecule has 2 heterocycles. The number of nitrogens with zero attached hydrogens (tertiary/aromatic N) is 2. The van der Waals surface area contributed by atoms with E-state index in [0.29, 0.717) is 5.65 Å². The van der Waals surface area contributed by atoms with Crippen LogP contribution in [-0.4, -0.2) is 33.7 Å². The van der Waals surface area contributed by atoms with Crippen LogP contribution in [0.2, 0.25) is 0 Å². The molecule has 0 radical (unpaired) electrons. The van der Waals surface area contributed by atoms with Gasteiger partial charge in [0, 0.05) is 23.0 Å². The van der Waals surface area contributed by atoms with Crippen molar-refractivity contribution in [2.75, 3.05) is 19.1 Å². The maximum absolute atomic E-state index is 12.4. The first-order valence-electron chi connectivity index (χ1n) is 7.39. The van der Waals surface area contributed by atoms with Crippen molar-refractivity contribution in [3.8, 4) is 16.9 Å². The summed E-state index contributed by atoms with van der Waals surface area (Å²) in [6, 6.07) is 9.38. The van der Waals surface area contributed by atoms with Gasteiger partial charge in [-0.2, -0.15) is 11.8 Å². The molecule has 1 aromatic carbocycles. The van der Waals surface area contributed by atoms with Gasteiger partial charge in [0.05, 0.1) is 12.7 Å². The molecule has 2 aromatic heterocycles. The minimum Gasteiger partial charge on any atom is -0.496 e. The van der Waals surface area contributed by atoms with Crippen molar-refractivity contribution in [2.45, 2.75) is 13.3 Å². The van der Waals surface area contributed by atoms with Crippen LogP contribution in [0.5, 0.6) is 5.75 Å². The van der Waals surface area contributed by atoms with E-state index in [2.05, 4.69) is 5.10 Å². The van der Waals surface area contributed by atoms with Gasteiger partial charge < -0.3 is 4.74 Å². The molecular weight excluding hydrogens is 310 g/mol. The molecule has 0 atom stereocenters. The Labute approximate surface area is 138 Å². The highest BCUT2D eigenvalue weighted by molar-refractivity contribution is 7.98. The zero-order valence-electron chi connectivity index (χ0n) is 13.4. The first kappa shape index (κ1) is 15.7. The minimum atomic E-state index is -0.0876. The fourth-order valence-electron chi connectivity index (χ4n) is 2.71. The molecule has 0 bridgehead atoms. The van der Waals surface area contributed by atoms with E-state index in [4.69, 9.17) is 9.72 Å². The van der Waals surface area contributed by atoms with Crippen molar-refractivity contribution in [3.05, 3.63) is 52.1 Å². The van der Waals surface area contributed by atoms with Gasteiger partial charge in [-0.25, -0.2) is 9.50 Å². The smallest absolute Gasteiger partial charge is 0.272 e. The van der Waals surface area contributed by atoms with Crippen LogP contribution in [-0.2, 0) is 6.42 Å². The SMILES string of the molecule is COc1ccccc1-c1c(C)[nH]n2c(=O)cc(CCSC)nc12. The highest BCUT2D eigenvalue weighted by Gasteiger charge is 2.17. The Bertz CT molecular complexity index is 898. The van der Waals surface area contributed by atoms with Crippen LogP contribution in [0.15, 0.2) is 35.1 Å². The summed E-state index contributed by atoms with van der Waals surface area (Å²) >= 11 is 1.74. The fraction of sp³-hybridized carbons (Fsp3) is 0.294. The molecular formula is C17H19N3O2S. The second kappa shape index (κ2) is 6.50. The van der Waals surface area contributed by atoms with Crippen molar-refractivity contribution in [2.24, 2.45) is 0 Å². The summed E-state index contributed by atoms with van der Waals surface area (Å²) in [4.78, 5) is 17.1. The van der Waals surface area contributed by atoms with Crippen molar-refractivity contribution in [1.29, 1.82) is 0 Å². The van der Waals surface area contributed by atoms with E-state index in [1.165, 1.54) is 4.52 Å². The number of thioether (sulfide) groups is 1. The number of hydrogen-bond donors (Lipinski definition) is 1. The van der Waals surface area contributed by atoms with Gasteiger partial charge in [0.25, 0.3) is 5.56 Å². The Balaban J connectivity index is 2.26. The van der Waals surface area contributed by atoms with Gasteiger partial charge in [-0.15, -0.1) is 0 Å². The average Bonchev–Trinajstić information content (AvgIpc) is 2.89. The van der Waals surface area contributed by atoms with Gasteiger partial charge in [-0.1, -0.05) is 18.2 Å². The first-order valence-corrected chi connectivity index (χ1v) is 8.78. The Kier molecular flexibility index (Phi) is 4.43. The Morgan fingerprint density at radius 2 is 2.13 bits per heavy atom. The lowest BCUT2D eigenvalue weighted by Crippen LogP contribution is -2.16. The number of aryl methyl sites for hydroxylation is 2. The highest BCUT2D eigenvalue weighted by Crippen LogP contribution is 2.33. The molecule has 3 aromatic rings. The second-order valence-corrected chi connectivity index (χ2v) is 6.29. The summed E-state index contributed by atoms with van der Waals surface area (Å²) in [5.41, 5.74) is 4.11. The quantitative estimate of drug-likeness (QED) is 0.782. The maximum Gasteiger partial charge on any atom is 0.272 e. The number of methoxy groups -OCH3 is 1. The van der Waals surface area contributed by atoms with Gasteiger partial charge in [-0.3, -0.25) is 9.89 Å². The van der Waals surface area contributed by atoms with Crippen LogP contribution in [0.25, 0.3) is 16.8 Å². The summed E-state index contributed by atoms with van der Waals surface area (Å²) in [6.07, 6.45) is 2.83. The zero-order valence-corrected chi connectivity index (χ0v) is 14.2. The molecule has 120 valence electrons. The third-order valence-electron chi connectivity index (χ3n) is 3.79. The number of H-pyrrole nitrogens is 1. The van der Waals surface area contributed by atoms with Crippen molar-refractivity contribution < 1.29 is 4.74 Å². The molecule has 0 amide bonds. The zero-order chi connectivity index (χ0) is 16.4. The topological polar surface area (TPSA) is 59.4 Å². The van der Waals surface area contributed by atoms with Crippen LogP contribution in [0.4, 0.5) is 0 Å². The first-order chi connectivity index (χ1) is 11.2. The number of aromatic amines is 1. The molecule has 6 heteroatoms. The lowest BCUT2D eigenvalue weighted by molar-refractivity contribution is 0.416. The summed E-state index contributed by atoms with van der Waals surface area (Å²) in [7, 11) is 1.65. The van der Waals surface area contributed by atoms with Crippen LogP contribution in [0, 0.1) is 6.92 Å². The number of rotatable bonds is 5.